The third-order valence-electron chi connectivity index (χ3n) is 1.78. The van der Waals surface area contributed by atoms with Crippen LogP contribution in [0.15, 0.2) is 30.6 Å². The summed E-state index contributed by atoms with van der Waals surface area (Å²) in [4.78, 5) is 8.22. The summed E-state index contributed by atoms with van der Waals surface area (Å²) in [5.74, 6) is 0.0487. The molecule has 0 saturated heterocycles. The van der Waals surface area contributed by atoms with Gasteiger partial charge in [0, 0.05) is 18.0 Å². The zero-order chi connectivity index (χ0) is 9.26. The van der Waals surface area contributed by atoms with Crippen LogP contribution in [0.4, 0.5) is 0 Å². The third kappa shape index (κ3) is 1.33. The van der Waals surface area contributed by atoms with E-state index in [1.54, 1.807) is 30.6 Å². The van der Waals surface area contributed by atoms with E-state index in [2.05, 4.69) is 9.97 Å². The molecule has 0 atom stereocenters. The Hall–Kier alpha value is -1.97. The van der Waals surface area contributed by atoms with Gasteiger partial charge in [0.05, 0.1) is 11.0 Å². The first-order chi connectivity index (χ1) is 6.27. The molecule has 2 rings (SSSR count). The molecule has 0 aliphatic rings. The van der Waals surface area contributed by atoms with Crippen LogP contribution in [0.3, 0.4) is 0 Å². The first-order valence-corrected chi connectivity index (χ1v) is 3.82. The fraction of sp³-hybridized carbons (Fsp3) is 0. The van der Waals surface area contributed by atoms with E-state index >= 15 is 0 Å². The minimum atomic E-state index is 0.0487. The number of amidine groups is 1. The minimum Gasteiger partial charge on any atom is -0.384 e. The van der Waals surface area contributed by atoms with E-state index in [4.69, 9.17) is 11.1 Å². The lowest BCUT2D eigenvalue weighted by molar-refractivity contribution is 1.29. The van der Waals surface area contributed by atoms with Gasteiger partial charge in [-0.05, 0) is 18.2 Å². The fourth-order valence-corrected chi connectivity index (χ4v) is 1.13. The van der Waals surface area contributed by atoms with Crippen molar-refractivity contribution in [3.8, 4) is 0 Å². The van der Waals surface area contributed by atoms with Gasteiger partial charge in [-0.15, -0.1) is 0 Å². The zero-order valence-corrected chi connectivity index (χ0v) is 6.86. The molecule has 0 unspecified atom stereocenters. The SMILES string of the molecule is N=C(N)c1ccc2nccnc2c1. The number of aromatic nitrogens is 2. The maximum Gasteiger partial charge on any atom is 0.122 e. The highest BCUT2D eigenvalue weighted by molar-refractivity contribution is 5.97. The van der Waals surface area contributed by atoms with Crippen molar-refractivity contribution in [1.29, 1.82) is 5.41 Å². The third-order valence-corrected chi connectivity index (χ3v) is 1.78. The van der Waals surface area contributed by atoms with Gasteiger partial charge >= 0.3 is 0 Å². The predicted molar refractivity (Wildman–Crippen MR) is 50.6 cm³/mol. The van der Waals surface area contributed by atoms with Crippen molar-refractivity contribution in [2.75, 3.05) is 0 Å². The molecule has 0 radical (unpaired) electrons. The Morgan fingerprint density at radius 1 is 1.15 bits per heavy atom. The molecule has 0 amide bonds. The number of nitrogen functional groups attached to an aromatic ring is 1. The second-order valence-corrected chi connectivity index (χ2v) is 2.67. The number of hydrogen-bond acceptors (Lipinski definition) is 3. The number of nitrogens with zero attached hydrogens (tertiary/aromatic N) is 2. The second-order valence-electron chi connectivity index (χ2n) is 2.67. The van der Waals surface area contributed by atoms with Crippen LogP contribution in [-0.4, -0.2) is 15.8 Å². The molecule has 3 N–H and O–H groups in total. The van der Waals surface area contributed by atoms with Crippen LogP contribution in [0.25, 0.3) is 11.0 Å². The van der Waals surface area contributed by atoms with E-state index in [1.807, 2.05) is 0 Å². The summed E-state index contributed by atoms with van der Waals surface area (Å²) in [6.45, 7) is 0. The molecular weight excluding hydrogens is 164 g/mol. The lowest BCUT2D eigenvalue weighted by Gasteiger charge is -1.99. The van der Waals surface area contributed by atoms with E-state index < -0.39 is 0 Å². The van der Waals surface area contributed by atoms with Gasteiger partial charge in [0.2, 0.25) is 0 Å². The summed E-state index contributed by atoms with van der Waals surface area (Å²) < 4.78 is 0. The van der Waals surface area contributed by atoms with Crippen LogP contribution in [0.5, 0.6) is 0 Å². The average Bonchev–Trinajstić information content (AvgIpc) is 2.17. The van der Waals surface area contributed by atoms with Gasteiger partial charge in [-0.1, -0.05) is 0 Å². The zero-order valence-electron chi connectivity index (χ0n) is 6.86. The highest BCUT2D eigenvalue weighted by Crippen LogP contribution is 2.09. The molecule has 0 aliphatic heterocycles. The smallest absolute Gasteiger partial charge is 0.122 e. The van der Waals surface area contributed by atoms with Gasteiger partial charge in [0.25, 0.3) is 0 Å². The lowest BCUT2D eigenvalue weighted by atomic mass is 10.2. The van der Waals surface area contributed by atoms with E-state index in [-0.39, 0.29) is 5.84 Å². The highest BCUT2D eigenvalue weighted by Gasteiger charge is 1.99. The van der Waals surface area contributed by atoms with Gasteiger partial charge in [-0.2, -0.15) is 0 Å². The number of hydrogen-bond donors (Lipinski definition) is 2. The maximum absolute atomic E-state index is 7.24. The molecule has 0 bridgehead atoms. The van der Waals surface area contributed by atoms with Crippen LogP contribution in [-0.2, 0) is 0 Å². The van der Waals surface area contributed by atoms with Crippen molar-refractivity contribution < 1.29 is 0 Å². The minimum absolute atomic E-state index is 0.0487. The van der Waals surface area contributed by atoms with Crippen molar-refractivity contribution in [3.05, 3.63) is 36.2 Å². The second kappa shape index (κ2) is 2.82. The van der Waals surface area contributed by atoms with Crippen LogP contribution >= 0.6 is 0 Å². The van der Waals surface area contributed by atoms with Gasteiger partial charge in [0.1, 0.15) is 5.84 Å². The van der Waals surface area contributed by atoms with Crippen molar-refractivity contribution >= 4 is 16.9 Å². The van der Waals surface area contributed by atoms with E-state index in [0.717, 1.165) is 11.0 Å². The van der Waals surface area contributed by atoms with Crippen molar-refractivity contribution in [3.63, 3.8) is 0 Å². The standard InChI is InChI=1S/C9H8N4/c10-9(11)6-1-2-7-8(5-6)13-4-3-12-7/h1-5H,(H3,10,11). The topological polar surface area (TPSA) is 75.7 Å². The molecule has 4 nitrogen and oxygen atoms in total. The van der Waals surface area contributed by atoms with E-state index in [0.29, 0.717) is 5.56 Å². The Balaban J connectivity index is 2.69. The molecular formula is C9H8N4. The van der Waals surface area contributed by atoms with Gasteiger partial charge < -0.3 is 5.73 Å². The molecule has 1 aromatic carbocycles. The Bertz CT molecular complexity index is 464. The van der Waals surface area contributed by atoms with Crippen molar-refractivity contribution in [2.24, 2.45) is 5.73 Å². The van der Waals surface area contributed by atoms with E-state index in [9.17, 15) is 0 Å². The van der Waals surface area contributed by atoms with Gasteiger partial charge in [-0.25, -0.2) is 0 Å². The number of fused-ring (bicyclic) bond motifs is 1. The van der Waals surface area contributed by atoms with Crippen LogP contribution in [0, 0.1) is 5.41 Å². The van der Waals surface area contributed by atoms with Crippen molar-refractivity contribution in [2.45, 2.75) is 0 Å². The maximum atomic E-state index is 7.24. The summed E-state index contributed by atoms with van der Waals surface area (Å²) >= 11 is 0. The van der Waals surface area contributed by atoms with Crippen molar-refractivity contribution in [1.82, 2.24) is 9.97 Å². The van der Waals surface area contributed by atoms with E-state index in [1.165, 1.54) is 0 Å². The Labute approximate surface area is 74.9 Å². The summed E-state index contributed by atoms with van der Waals surface area (Å²) in [6.07, 6.45) is 3.25. The number of nitrogens with two attached hydrogens (primary N) is 1. The number of rotatable bonds is 1. The molecule has 4 heteroatoms. The molecule has 0 aliphatic carbocycles. The van der Waals surface area contributed by atoms with Gasteiger partial charge in [-0.3, -0.25) is 15.4 Å². The Kier molecular flexibility index (Phi) is 1.66. The molecule has 64 valence electrons. The Morgan fingerprint density at radius 3 is 2.54 bits per heavy atom. The largest absolute Gasteiger partial charge is 0.384 e. The lowest BCUT2D eigenvalue weighted by Crippen LogP contribution is -2.10. The number of benzene rings is 1. The molecule has 1 aromatic heterocycles. The fourth-order valence-electron chi connectivity index (χ4n) is 1.13. The molecule has 0 saturated carbocycles. The first-order valence-electron chi connectivity index (χ1n) is 3.82. The number of nitrogens with one attached hydrogen (secondary N) is 1. The van der Waals surface area contributed by atoms with Crippen LogP contribution < -0.4 is 5.73 Å². The van der Waals surface area contributed by atoms with Crippen LogP contribution in [0.2, 0.25) is 0 Å². The first kappa shape index (κ1) is 7.67. The summed E-state index contributed by atoms with van der Waals surface area (Å²) in [5.41, 5.74) is 7.59. The highest BCUT2D eigenvalue weighted by atomic mass is 14.8. The monoisotopic (exact) mass is 172 g/mol. The molecule has 1 heterocycles. The summed E-state index contributed by atoms with van der Waals surface area (Å²) in [6, 6.07) is 5.32. The normalized spacial score (nSPS) is 10.2. The predicted octanol–water partition coefficient (Wildman–Crippen LogP) is 0.914. The molecule has 2 aromatic rings. The molecule has 13 heavy (non-hydrogen) atoms. The quantitative estimate of drug-likeness (QED) is 0.496. The summed E-state index contributed by atoms with van der Waals surface area (Å²) in [5, 5.41) is 7.24. The summed E-state index contributed by atoms with van der Waals surface area (Å²) in [7, 11) is 0. The molecule has 0 fully saturated rings. The Morgan fingerprint density at radius 2 is 1.85 bits per heavy atom. The average molecular weight is 172 g/mol. The molecule has 0 spiro atoms. The van der Waals surface area contributed by atoms with Crippen LogP contribution in [0.1, 0.15) is 5.56 Å². The van der Waals surface area contributed by atoms with Gasteiger partial charge in [0.15, 0.2) is 0 Å².